The van der Waals surface area contributed by atoms with E-state index in [2.05, 4.69) is 15.6 Å². The molecule has 4 heterocycles. The number of hydrogen-bond donors (Lipinski definition) is 4. The molecule has 1 atom stereocenters. The Bertz CT molecular complexity index is 682. The number of hydrogen-bond acceptors (Lipinski definition) is 10. The Morgan fingerprint density at radius 1 is 1.45 bits per heavy atom. The standard InChI is InChI=1S/C12H15N5O5/c1-19-12-15-9(13)6-10(16-12)17(3-14-6)11-8-7(20-4-21-8)5(2-18)22-11/h10,14,18H,2-4,13H2,1H3,(H,15,16)/t10-/m1/s1. The van der Waals surface area contributed by atoms with Crippen molar-refractivity contribution in [1.82, 2.24) is 10.6 Å². The van der Waals surface area contributed by atoms with Crippen molar-refractivity contribution in [3.8, 4) is 11.5 Å². The number of nitrogens with two attached hydrogens (primary N) is 1. The molecule has 1 saturated heterocycles. The Balaban J connectivity index is 1.75. The molecule has 22 heavy (non-hydrogen) atoms. The summed E-state index contributed by atoms with van der Waals surface area (Å²) < 4.78 is 21.6. The highest BCUT2D eigenvalue weighted by Crippen LogP contribution is 2.48. The molecule has 10 heteroatoms. The van der Waals surface area contributed by atoms with E-state index in [9.17, 15) is 5.11 Å². The van der Waals surface area contributed by atoms with Crippen molar-refractivity contribution in [2.75, 3.05) is 25.5 Å². The van der Waals surface area contributed by atoms with Gasteiger partial charge in [-0.15, -0.1) is 0 Å². The molecule has 0 saturated carbocycles. The van der Waals surface area contributed by atoms with Crippen molar-refractivity contribution in [3.63, 3.8) is 0 Å². The summed E-state index contributed by atoms with van der Waals surface area (Å²) in [4.78, 5) is 6.24. The number of methoxy groups -OCH3 is 1. The first kappa shape index (κ1) is 13.0. The van der Waals surface area contributed by atoms with Crippen LogP contribution in [0.4, 0.5) is 5.88 Å². The molecule has 1 fully saturated rings. The number of aliphatic hydroxyl groups is 1. The number of aliphatic imine (C=N–C) groups is 1. The molecule has 3 aliphatic rings. The molecule has 118 valence electrons. The Morgan fingerprint density at radius 3 is 3.05 bits per heavy atom. The molecule has 1 aromatic rings. The van der Waals surface area contributed by atoms with Crippen molar-refractivity contribution in [2.24, 2.45) is 10.7 Å². The van der Waals surface area contributed by atoms with E-state index in [0.29, 0.717) is 41.7 Å². The van der Waals surface area contributed by atoms with Gasteiger partial charge in [-0.1, -0.05) is 0 Å². The van der Waals surface area contributed by atoms with Crippen LogP contribution < -0.4 is 30.7 Å². The number of anilines is 1. The van der Waals surface area contributed by atoms with E-state index >= 15 is 0 Å². The van der Waals surface area contributed by atoms with Gasteiger partial charge in [0.25, 0.3) is 6.02 Å². The molecule has 10 nitrogen and oxygen atoms in total. The fraction of sp³-hybridized carbons (Fsp3) is 0.417. The number of ether oxygens (including phenoxy) is 3. The van der Waals surface area contributed by atoms with Crippen LogP contribution in [0.1, 0.15) is 5.76 Å². The summed E-state index contributed by atoms with van der Waals surface area (Å²) in [6.07, 6.45) is -0.429. The van der Waals surface area contributed by atoms with Gasteiger partial charge in [-0.3, -0.25) is 10.2 Å². The third-order valence-corrected chi connectivity index (χ3v) is 3.64. The van der Waals surface area contributed by atoms with Gasteiger partial charge < -0.3 is 34.8 Å². The summed E-state index contributed by atoms with van der Waals surface area (Å²) in [6, 6.07) is 0.308. The number of fused-ring (bicyclic) bond motifs is 2. The second-order valence-electron chi connectivity index (χ2n) is 4.82. The molecule has 0 aromatic carbocycles. The van der Waals surface area contributed by atoms with Crippen LogP contribution >= 0.6 is 0 Å². The van der Waals surface area contributed by atoms with E-state index in [4.69, 9.17) is 24.4 Å². The van der Waals surface area contributed by atoms with E-state index in [1.54, 1.807) is 0 Å². The number of amidine groups is 1. The van der Waals surface area contributed by atoms with Gasteiger partial charge in [-0.25, -0.2) is 4.99 Å². The smallest absolute Gasteiger partial charge is 0.292 e. The lowest BCUT2D eigenvalue weighted by Crippen LogP contribution is -2.41. The van der Waals surface area contributed by atoms with Crippen LogP contribution in [0.5, 0.6) is 11.5 Å². The van der Waals surface area contributed by atoms with Crippen molar-refractivity contribution in [1.29, 1.82) is 0 Å². The summed E-state index contributed by atoms with van der Waals surface area (Å²) >= 11 is 0. The first-order valence-electron chi connectivity index (χ1n) is 6.64. The first-order chi connectivity index (χ1) is 10.7. The zero-order valence-electron chi connectivity index (χ0n) is 11.8. The number of rotatable bonds is 2. The summed E-state index contributed by atoms with van der Waals surface area (Å²) in [5.74, 6) is 2.06. The number of aliphatic hydroxyl groups excluding tert-OH is 1. The summed E-state index contributed by atoms with van der Waals surface area (Å²) in [6.45, 7) is 0.222. The maximum Gasteiger partial charge on any atom is 0.292 e. The van der Waals surface area contributed by atoms with Crippen LogP contribution in [-0.4, -0.2) is 37.9 Å². The zero-order chi connectivity index (χ0) is 15.3. The highest BCUT2D eigenvalue weighted by Gasteiger charge is 2.40. The highest BCUT2D eigenvalue weighted by molar-refractivity contribution is 5.78. The number of furan rings is 1. The highest BCUT2D eigenvalue weighted by atomic mass is 16.7. The fourth-order valence-corrected chi connectivity index (χ4v) is 2.63. The van der Waals surface area contributed by atoms with E-state index in [1.807, 2.05) is 4.90 Å². The minimum absolute atomic E-state index is 0.0892. The van der Waals surface area contributed by atoms with Gasteiger partial charge in [0.15, 0.2) is 11.9 Å². The molecule has 0 unspecified atom stereocenters. The third-order valence-electron chi connectivity index (χ3n) is 3.64. The van der Waals surface area contributed by atoms with Gasteiger partial charge in [0.05, 0.1) is 19.5 Å². The normalized spacial score (nSPS) is 22.2. The van der Waals surface area contributed by atoms with Crippen molar-refractivity contribution < 1.29 is 23.7 Å². The predicted molar refractivity (Wildman–Crippen MR) is 73.8 cm³/mol. The SMILES string of the molecule is COC1=N[C@H]2C(=C(N)N1)NCN2c1oc(CO)c2c1OCO2. The number of nitrogens with one attached hydrogen (secondary N) is 2. The molecule has 0 radical (unpaired) electrons. The molecule has 5 N–H and O–H groups in total. The molecule has 1 aromatic heterocycles. The van der Waals surface area contributed by atoms with E-state index in [-0.39, 0.29) is 13.4 Å². The van der Waals surface area contributed by atoms with Crippen LogP contribution in [0.3, 0.4) is 0 Å². The summed E-state index contributed by atoms with van der Waals surface area (Å²) in [7, 11) is 1.50. The minimum atomic E-state index is -0.429. The molecular formula is C12H15N5O5. The van der Waals surface area contributed by atoms with E-state index < -0.39 is 6.17 Å². The minimum Gasteiger partial charge on any atom is -0.468 e. The van der Waals surface area contributed by atoms with E-state index in [0.717, 1.165) is 5.70 Å². The topological polar surface area (TPSA) is 127 Å². The molecule has 0 spiro atoms. The van der Waals surface area contributed by atoms with Crippen molar-refractivity contribution in [2.45, 2.75) is 12.8 Å². The predicted octanol–water partition coefficient (Wildman–Crippen LogP) is -1.07. The maximum absolute atomic E-state index is 9.36. The van der Waals surface area contributed by atoms with Crippen LogP contribution in [0.25, 0.3) is 0 Å². The first-order valence-corrected chi connectivity index (χ1v) is 6.64. The lowest BCUT2D eigenvalue weighted by molar-refractivity contribution is 0.158. The van der Waals surface area contributed by atoms with Gasteiger partial charge in [0, 0.05) is 0 Å². The maximum atomic E-state index is 9.36. The van der Waals surface area contributed by atoms with Crippen LogP contribution in [0.15, 0.2) is 20.9 Å². The van der Waals surface area contributed by atoms with Crippen molar-refractivity contribution in [3.05, 3.63) is 17.3 Å². The summed E-state index contributed by atoms with van der Waals surface area (Å²) in [5.41, 5.74) is 6.68. The van der Waals surface area contributed by atoms with Gasteiger partial charge >= 0.3 is 0 Å². The van der Waals surface area contributed by atoms with Gasteiger partial charge in [-0.05, 0) is 0 Å². The van der Waals surface area contributed by atoms with Gasteiger partial charge in [-0.2, -0.15) is 0 Å². The van der Waals surface area contributed by atoms with E-state index in [1.165, 1.54) is 7.11 Å². The Morgan fingerprint density at radius 2 is 2.27 bits per heavy atom. The third kappa shape index (κ3) is 1.67. The Labute approximate surface area is 125 Å². The average Bonchev–Trinajstić information content (AvgIpc) is 3.20. The average molecular weight is 309 g/mol. The second kappa shape index (κ2) is 4.63. The van der Waals surface area contributed by atoms with Crippen LogP contribution in [0.2, 0.25) is 0 Å². The molecule has 0 aliphatic carbocycles. The van der Waals surface area contributed by atoms with Gasteiger partial charge in [0.1, 0.15) is 12.4 Å². The van der Waals surface area contributed by atoms with Crippen LogP contribution in [0, 0.1) is 0 Å². The van der Waals surface area contributed by atoms with Gasteiger partial charge in [0.2, 0.25) is 24.2 Å². The quantitative estimate of drug-likeness (QED) is 0.540. The Kier molecular flexibility index (Phi) is 2.73. The molecular weight excluding hydrogens is 294 g/mol. The largest absolute Gasteiger partial charge is 0.468 e. The fourth-order valence-electron chi connectivity index (χ4n) is 2.63. The molecule has 0 amide bonds. The van der Waals surface area contributed by atoms with Crippen molar-refractivity contribution >= 4 is 11.9 Å². The van der Waals surface area contributed by atoms with Crippen LogP contribution in [-0.2, 0) is 11.3 Å². The Hall–Kier alpha value is -2.75. The molecule has 3 aliphatic heterocycles. The number of nitrogens with zero attached hydrogens (tertiary/aromatic N) is 2. The molecule has 0 bridgehead atoms. The monoisotopic (exact) mass is 309 g/mol. The summed E-state index contributed by atoms with van der Waals surface area (Å²) in [5, 5.41) is 15.4. The second-order valence-corrected chi connectivity index (χ2v) is 4.82. The zero-order valence-corrected chi connectivity index (χ0v) is 11.8. The molecule has 4 rings (SSSR count). The lowest BCUT2D eigenvalue weighted by atomic mass is 10.3. The lowest BCUT2D eigenvalue weighted by Gasteiger charge is -2.24.